The van der Waals surface area contributed by atoms with E-state index in [0.717, 1.165) is 21.8 Å². The van der Waals surface area contributed by atoms with Gasteiger partial charge in [-0.2, -0.15) is 0 Å². The van der Waals surface area contributed by atoms with Crippen LogP contribution in [0.15, 0.2) is 54.4 Å². The number of phosphoric acid groups is 1. The van der Waals surface area contributed by atoms with Crippen LogP contribution in [0.25, 0.3) is 0 Å². The SMILES string of the molecule is C=C(C(=O)N[C@@H](C)C(=O)N(C)[C@@H](C)C(=O)N[C@H](C(=O)N(C)[C@H](C(=O)OC)[C@@H](C)OC)[C@H](OC(=O)[C@@H](NC(=O)CC)[C@H](OP(=O)(O)O)C(C)C)C(C)C)N(C)C(=O)[C@@H](Cc1ccccc1)OC(=O)/C(=C\C(C)C)NC(C)=O. The number of benzene rings is 1. The molecule has 0 unspecified atom stereocenters. The van der Waals surface area contributed by atoms with E-state index in [4.69, 9.17) is 23.5 Å². The number of nitrogens with one attached hydrogen (secondary N) is 4. The van der Waals surface area contributed by atoms with Gasteiger partial charge in [-0.05, 0) is 44.1 Å². The highest BCUT2D eigenvalue weighted by Gasteiger charge is 2.46. The molecule has 76 heavy (non-hydrogen) atoms. The first-order valence-corrected chi connectivity index (χ1v) is 25.9. The van der Waals surface area contributed by atoms with Crippen LogP contribution >= 0.6 is 7.82 Å². The molecule has 0 saturated heterocycles. The number of nitrogens with zero attached hydrogens (tertiary/aromatic N) is 3. The van der Waals surface area contributed by atoms with Crippen LogP contribution in [0.1, 0.15) is 88.1 Å². The highest BCUT2D eigenvalue weighted by Crippen LogP contribution is 2.40. The number of hydrogen-bond acceptors (Lipinski definition) is 16. The fourth-order valence-electron chi connectivity index (χ4n) is 7.30. The Labute approximate surface area is 444 Å². The van der Waals surface area contributed by atoms with E-state index in [1.807, 2.05) is 0 Å². The predicted octanol–water partition coefficient (Wildman–Crippen LogP) is 1.26. The number of carbonyl (C=O) groups excluding carboxylic acids is 10. The summed E-state index contributed by atoms with van der Waals surface area (Å²) in [6, 6.07) is 0.398. The number of carbonyl (C=O) groups is 10. The van der Waals surface area contributed by atoms with Crippen molar-refractivity contribution in [2.45, 2.75) is 144 Å². The van der Waals surface area contributed by atoms with Gasteiger partial charge >= 0.3 is 25.7 Å². The van der Waals surface area contributed by atoms with Crippen LogP contribution in [-0.2, 0) is 82.4 Å². The Morgan fingerprint density at radius 2 is 1.30 bits per heavy atom. The summed E-state index contributed by atoms with van der Waals surface area (Å²) in [5, 5.41) is 9.72. The van der Waals surface area contributed by atoms with Gasteiger partial charge in [0.25, 0.3) is 11.8 Å². The monoisotopic (exact) mass is 1100 g/mol. The van der Waals surface area contributed by atoms with Gasteiger partial charge in [-0.1, -0.05) is 91.5 Å². The smallest absolute Gasteiger partial charge is 0.467 e. The van der Waals surface area contributed by atoms with Gasteiger partial charge in [-0.3, -0.25) is 38.1 Å². The molecule has 1 aromatic rings. The van der Waals surface area contributed by atoms with Crippen LogP contribution in [-0.4, -0.2) is 174 Å². The fourth-order valence-corrected chi connectivity index (χ4v) is 7.98. The topological polar surface area (TPSA) is 332 Å². The minimum absolute atomic E-state index is 0.148. The van der Waals surface area contributed by atoms with Gasteiger partial charge in [0.15, 0.2) is 18.2 Å². The molecule has 7 amide bonds. The summed E-state index contributed by atoms with van der Waals surface area (Å²) in [7, 11) is 0.624. The fraction of sp³-hybridized carbons (Fsp3) is 0.600. The summed E-state index contributed by atoms with van der Waals surface area (Å²) in [5.41, 5.74) is -0.105. The number of rotatable bonds is 29. The Balaban J connectivity index is 3.65. The van der Waals surface area contributed by atoms with Crippen molar-refractivity contribution in [2.75, 3.05) is 35.4 Å². The average Bonchev–Trinajstić information content (AvgIpc) is 3.35. The summed E-state index contributed by atoms with van der Waals surface area (Å²) in [5.74, 6) is -11.4. The molecule has 0 aliphatic rings. The molecule has 0 aromatic heterocycles. The maximum absolute atomic E-state index is 14.7. The molecular formula is C50H78N7O18P. The minimum Gasteiger partial charge on any atom is -0.467 e. The van der Waals surface area contributed by atoms with Gasteiger partial charge < -0.3 is 64.7 Å². The van der Waals surface area contributed by atoms with Crippen LogP contribution in [0, 0.1) is 17.8 Å². The van der Waals surface area contributed by atoms with Crippen LogP contribution in [0.3, 0.4) is 0 Å². The lowest BCUT2D eigenvalue weighted by Crippen LogP contribution is -2.63. The van der Waals surface area contributed by atoms with Crippen LogP contribution < -0.4 is 21.3 Å². The molecule has 426 valence electrons. The van der Waals surface area contributed by atoms with Crippen LogP contribution in [0.4, 0.5) is 0 Å². The van der Waals surface area contributed by atoms with Crippen molar-refractivity contribution in [3.05, 3.63) is 59.9 Å². The van der Waals surface area contributed by atoms with E-state index < -0.39 is 139 Å². The van der Waals surface area contributed by atoms with E-state index in [9.17, 15) is 62.3 Å². The number of amides is 7. The van der Waals surface area contributed by atoms with E-state index >= 15 is 0 Å². The number of allylic oxidation sites excluding steroid dienone is 1. The van der Waals surface area contributed by atoms with Crippen molar-refractivity contribution in [3.63, 3.8) is 0 Å². The van der Waals surface area contributed by atoms with E-state index in [-0.39, 0.29) is 24.5 Å². The Morgan fingerprint density at radius 1 is 0.737 bits per heavy atom. The molecule has 0 fully saturated rings. The van der Waals surface area contributed by atoms with Gasteiger partial charge in [0.1, 0.15) is 41.7 Å². The van der Waals surface area contributed by atoms with E-state index in [2.05, 4.69) is 27.8 Å². The Kier molecular flexibility index (Phi) is 27.4. The van der Waals surface area contributed by atoms with Crippen molar-refractivity contribution in [3.8, 4) is 0 Å². The maximum atomic E-state index is 14.7. The van der Waals surface area contributed by atoms with Gasteiger partial charge in [0, 0.05) is 48.0 Å². The van der Waals surface area contributed by atoms with Gasteiger partial charge in [-0.15, -0.1) is 0 Å². The predicted molar refractivity (Wildman–Crippen MR) is 274 cm³/mol. The average molecular weight is 1100 g/mol. The molecule has 0 saturated carbocycles. The van der Waals surface area contributed by atoms with Crippen molar-refractivity contribution in [2.24, 2.45) is 17.8 Å². The zero-order valence-corrected chi connectivity index (χ0v) is 47.1. The zero-order chi connectivity index (χ0) is 58.7. The molecule has 9 atom stereocenters. The summed E-state index contributed by atoms with van der Waals surface area (Å²) in [6.45, 7) is 19.8. The first-order valence-electron chi connectivity index (χ1n) is 24.4. The first kappa shape index (κ1) is 67.5. The lowest BCUT2D eigenvalue weighted by molar-refractivity contribution is -0.167. The maximum Gasteiger partial charge on any atom is 0.469 e. The van der Waals surface area contributed by atoms with Gasteiger partial charge in [-0.25, -0.2) is 18.9 Å². The van der Waals surface area contributed by atoms with Gasteiger partial charge in [0.2, 0.25) is 29.5 Å². The van der Waals surface area contributed by atoms with Crippen molar-refractivity contribution in [1.29, 1.82) is 0 Å². The molecule has 25 nitrogen and oxygen atoms in total. The summed E-state index contributed by atoms with van der Waals surface area (Å²) in [4.78, 5) is 158. The molecule has 0 heterocycles. The number of methoxy groups -OCH3 is 2. The number of phosphoric ester groups is 1. The zero-order valence-electron chi connectivity index (χ0n) is 46.2. The largest absolute Gasteiger partial charge is 0.469 e. The Hall–Kier alpha value is -6.53. The lowest BCUT2D eigenvalue weighted by atomic mass is 9.95. The molecular weight excluding hydrogens is 1020 g/mol. The van der Waals surface area contributed by atoms with Crippen molar-refractivity contribution in [1.82, 2.24) is 36.0 Å². The molecule has 1 aromatic carbocycles. The summed E-state index contributed by atoms with van der Waals surface area (Å²) < 4.78 is 38.8. The number of hydrogen-bond donors (Lipinski definition) is 6. The van der Waals surface area contributed by atoms with Crippen LogP contribution in [0.5, 0.6) is 0 Å². The number of likely N-dealkylation sites (N-methyl/N-ethyl adjacent to an activating group) is 3. The highest BCUT2D eigenvalue weighted by molar-refractivity contribution is 7.46. The Bertz CT molecular complexity index is 2320. The molecule has 6 N–H and O–H groups in total. The van der Waals surface area contributed by atoms with E-state index in [1.165, 1.54) is 96.6 Å². The van der Waals surface area contributed by atoms with E-state index in [0.29, 0.717) is 5.56 Å². The van der Waals surface area contributed by atoms with Crippen molar-refractivity contribution >= 4 is 67.1 Å². The molecule has 0 radical (unpaired) electrons. The third-order valence-corrected chi connectivity index (χ3v) is 12.3. The quantitative estimate of drug-likeness (QED) is 0.0285. The molecule has 26 heteroatoms. The molecule has 1 rings (SSSR count). The second-order valence-electron chi connectivity index (χ2n) is 18.9. The van der Waals surface area contributed by atoms with Crippen molar-refractivity contribution < 1.29 is 85.8 Å². The second kappa shape index (κ2) is 30.9. The first-order chi connectivity index (χ1) is 35.1. The molecule has 0 bridgehead atoms. The third-order valence-electron chi connectivity index (χ3n) is 11.8. The summed E-state index contributed by atoms with van der Waals surface area (Å²) >= 11 is 0. The standard InChI is InChI=1S/C50H78N7O18P/c1-18-37(59)53-39(42(28(6)7)75-76(68,69)70)49(66)74-41(27(4)5)38(47(64)57(15)40(32(11)71-16)50(67)72-17)54-44(61)31(10)55(13)45(62)29(8)51-43(60)30(9)56(14)46(63)36(25-34-22-20-19-21-23-34)73-48(65)35(24-26(2)3)52-33(12)58/h19-24,26-29,31-32,36,38-42H,9,18,25H2,1-8,10-17H3,(H,51,60)(H,52,58)(H,53,59)(H,54,61)(H2,68,69,70)/b35-24+/t29-,31-,32+,36+,38-,39-,40-,41+,42+/m0/s1. The second-order valence-corrected chi connectivity index (χ2v) is 20.1. The highest BCUT2D eigenvalue weighted by atomic mass is 31.2. The summed E-state index contributed by atoms with van der Waals surface area (Å²) in [6.07, 6.45) is -4.78. The third kappa shape index (κ3) is 20.5. The molecule has 0 aliphatic heterocycles. The molecule has 0 aliphatic carbocycles. The number of esters is 3. The minimum atomic E-state index is -5.30. The lowest BCUT2D eigenvalue weighted by Gasteiger charge is -2.38. The van der Waals surface area contributed by atoms with E-state index in [1.54, 1.807) is 44.2 Å². The normalized spacial score (nSPS) is 15.2. The van der Waals surface area contributed by atoms with Crippen LogP contribution in [0.2, 0.25) is 0 Å². The van der Waals surface area contributed by atoms with Gasteiger partial charge in [0.05, 0.1) is 13.2 Å². The number of ether oxygens (including phenoxy) is 4. The molecule has 0 spiro atoms. The Morgan fingerprint density at radius 3 is 1.78 bits per heavy atom.